The third kappa shape index (κ3) is 6.21. The van der Waals surface area contributed by atoms with Crippen molar-refractivity contribution in [3.05, 3.63) is 98.9 Å². The van der Waals surface area contributed by atoms with Crippen molar-refractivity contribution >= 4 is 29.2 Å². The monoisotopic (exact) mass is 454 g/mol. The summed E-state index contributed by atoms with van der Waals surface area (Å²) in [5.74, 6) is -1.01. The number of anilines is 1. The van der Waals surface area contributed by atoms with Crippen LogP contribution in [0.5, 0.6) is 0 Å². The highest BCUT2D eigenvalue weighted by Gasteiger charge is 2.14. The van der Waals surface area contributed by atoms with Crippen LogP contribution in [0.15, 0.2) is 71.7 Å². The number of rotatable bonds is 9. The van der Waals surface area contributed by atoms with Crippen LogP contribution >= 0.6 is 11.6 Å². The summed E-state index contributed by atoms with van der Waals surface area (Å²) in [6, 6.07) is 16.3. The van der Waals surface area contributed by atoms with E-state index < -0.39 is 17.4 Å². The van der Waals surface area contributed by atoms with E-state index >= 15 is 0 Å². The lowest BCUT2D eigenvalue weighted by molar-refractivity contribution is 0.0499. The molecular formula is C24H23ClN2O5. The van der Waals surface area contributed by atoms with Gasteiger partial charge in [-0.3, -0.25) is 9.59 Å². The number of benzene rings is 2. The number of ether oxygens (including phenoxy) is 1. The fourth-order valence-corrected chi connectivity index (χ4v) is 3.01. The largest absolute Gasteiger partial charge is 0.462 e. The molecule has 1 N–H and O–H groups in total. The Kier molecular flexibility index (Phi) is 8.05. The predicted molar refractivity (Wildman–Crippen MR) is 122 cm³/mol. The number of carbonyl (C=O) groups excluding carboxylic acids is 2. The molecule has 3 aromatic rings. The molecule has 7 nitrogen and oxygen atoms in total. The van der Waals surface area contributed by atoms with Crippen molar-refractivity contribution in [2.24, 2.45) is 0 Å². The minimum Gasteiger partial charge on any atom is -0.462 e. The lowest BCUT2D eigenvalue weighted by Crippen LogP contribution is -2.32. The zero-order valence-corrected chi connectivity index (χ0v) is 18.3. The van der Waals surface area contributed by atoms with Gasteiger partial charge in [0, 0.05) is 16.9 Å². The molecule has 0 saturated carbocycles. The van der Waals surface area contributed by atoms with Crippen LogP contribution in [0.3, 0.4) is 0 Å². The van der Waals surface area contributed by atoms with Crippen LogP contribution in [-0.4, -0.2) is 23.2 Å². The normalized spacial score (nSPS) is 10.4. The van der Waals surface area contributed by atoms with Crippen molar-refractivity contribution in [2.45, 2.75) is 26.4 Å². The first kappa shape index (κ1) is 23.1. The van der Waals surface area contributed by atoms with Gasteiger partial charge in [0.15, 0.2) is 0 Å². The third-order valence-electron chi connectivity index (χ3n) is 4.53. The average Bonchev–Trinajstić information content (AvgIpc) is 2.79. The first-order valence-electron chi connectivity index (χ1n) is 10.2. The molecule has 32 heavy (non-hydrogen) atoms. The Balaban J connectivity index is 1.64. The lowest BCUT2D eigenvalue weighted by Gasteiger charge is -2.11. The molecule has 0 radical (unpaired) electrons. The second-order valence-corrected chi connectivity index (χ2v) is 7.41. The molecule has 1 heterocycles. The summed E-state index contributed by atoms with van der Waals surface area (Å²) in [7, 11) is 0. The SMILES string of the molecule is CCCCOC(=O)c1ccc(NC(=O)c2cccn(OCc3cccc(Cl)c3)c2=O)cc1. The summed E-state index contributed by atoms with van der Waals surface area (Å²) < 4.78 is 6.16. The highest BCUT2D eigenvalue weighted by Crippen LogP contribution is 2.13. The Bertz CT molecular complexity index is 1140. The zero-order valence-electron chi connectivity index (χ0n) is 17.5. The predicted octanol–water partition coefficient (Wildman–Crippen LogP) is 4.34. The van der Waals surface area contributed by atoms with Crippen LogP contribution < -0.4 is 15.7 Å². The lowest BCUT2D eigenvalue weighted by atomic mass is 10.2. The first-order chi connectivity index (χ1) is 15.5. The van der Waals surface area contributed by atoms with Crippen LogP contribution in [0.1, 0.15) is 46.0 Å². The number of carbonyl (C=O) groups is 2. The fraction of sp³-hybridized carbons (Fsp3) is 0.208. The van der Waals surface area contributed by atoms with E-state index in [1.807, 2.05) is 13.0 Å². The average molecular weight is 455 g/mol. The number of aromatic nitrogens is 1. The molecule has 2 aromatic carbocycles. The number of amides is 1. The maximum atomic E-state index is 12.6. The summed E-state index contributed by atoms with van der Waals surface area (Å²) >= 11 is 5.95. The standard InChI is InChI=1S/C24H23ClN2O5/c1-2-3-14-31-24(30)18-9-11-20(12-10-18)26-22(28)21-8-5-13-27(23(21)29)32-16-17-6-4-7-19(25)15-17/h4-13,15H,2-3,14,16H2,1H3,(H,26,28). The zero-order chi connectivity index (χ0) is 22.9. The second kappa shape index (κ2) is 11.2. The van der Waals surface area contributed by atoms with Crippen molar-refractivity contribution in [1.29, 1.82) is 0 Å². The molecule has 166 valence electrons. The van der Waals surface area contributed by atoms with Gasteiger partial charge in [-0.2, -0.15) is 4.73 Å². The number of esters is 1. The Morgan fingerprint density at radius 1 is 1.06 bits per heavy atom. The van der Waals surface area contributed by atoms with E-state index in [1.54, 1.807) is 48.5 Å². The van der Waals surface area contributed by atoms with Gasteiger partial charge in [0.05, 0.1) is 12.2 Å². The highest BCUT2D eigenvalue weighted by atomic mass is 35.5. The molecule has 0 aliphatic heterocycles. The molecule has 1 amide bonds. The van der Waals surface area contributed by atoms with E-state index in [2.05, 4.69) is 5.32 Å². The van der Waals surface area contributed by atoms with Gasteiger partial charge in [0.1, 0.15) is 12.2 Å². The summed E-state index contributed by atoms with van der Waals surface area (Å²) in [6.07, 6.45) is 3.17. The number of halogens is 1. The number of nitrogens with zero attached hydrogens (tertiary/aromatic N) is 1. The highest BCUT2D eigenvalue weighted by molar-refractivity contribution is 6.30. The van der Waals surface area contributed by atoms with Gasteiger partial charge in [-0.15, -0.1) is 0 Å². The van der Waals surface area contributed by atoms with E-state index in [4.69, 9.17) is 21.2 Å². The summed E-state index contributed by atoms with van der Waals surface area (Å²) in [5.41, 5.74) is 0.933. The van der Waals surface area contributed by atoms with Gasteiger partial charge in [-0.25, -0.2) is 4.79 Å². The molecule has 0 saturated heterocycles. The number of unbranched alkanes of at least 4 members (excludes halogenated alkanes) is 1. The number of nitrogens with one attached hydrogen (secondary N) is 1. The van der Waals surface area contributed by atoms with Crippen molar-refractivity contribution < 1.29 is 19.2 Å². The Morgan fingerprint density at radius 3 is 2.56 bits per heavy atom. The molecule has 8 heteroatoms. The number of hydrogen-bond acceptors (Lipinski definition) is 5. The molecular weight excluding hydrogens is 432 g/mol. The first-order valence-corrected chi connectivity index (χ1v) is 10.5. The van der Waals surface area contributed by atoms with Gasteiger partial charge in [-0.1, -0.05) is 37.1 Å². The van der Waals surface area contributed by atoms with Crippen LogP contribution in [-0.2, 0) is 11.3 Å². The van der Waals surface area contributed by atoms with Crippen LogP contribution in [0, 0.1) is 0 Å². The molecule has 0 atom stereocenters. The Labute approximate surface area is 190 Å². The number of pyridine rings is 1. The summed E-state index contributed by atoms with van der Waals surface area (Å²) in [4.78, 5) is 42.7. The molecule has 1 aromatic heterocycles. The van der Waals surface area contributed by atoms with E-state index in [1.165, 1.54) is 12.3 Å². The maximum Gasteiger partial charge on any atom is 0.338 e. The summed E-state index contributed by atoms with van der Waals surface area (Å²) in [6.45, 7) is 2.49. The van der Waals surface area contributed by atoms with Crippen molar-refractivity contribution in [3.63, 3.8) is 0 Å². The molecule has 0 fully saturated rings. The van der Waals surface area contributed by atoms with Crippen LogP contribution in [0.25, 0.3) is 0 Å². The second-order valence-electron chi connectivity index (χ2n) is 6.98. The Hall–Kier alpha value is -3.58. The quantitative estimate of drug-likeness (QED) is 0.384. The summed E-state index contributed by atoms with van der Waals surface area (Å²) in [5, 5.41) is 3.21. The van der Waals surface area contributed by atoms with Crippen molar-refractivity contribution in [3.8, 4) is 0 Å². The minimum absolute atomic E-state index is 0.0818. The number of hydrogen-bond donors (Lipinski definition) is 1. The smallest absolute Gasteiger partial charge is 0.338 e. The van der Waals surface area contributed by atoms with Crippen molar-refractivity contribution in [1.82, 2.24) is 4.73 Å². The maximum absolute atomic E-state index is 12.6. The van der Waals surface area contributed by atoms with E-state index in [9.17, 15) is 14.4 Å². The molecule has 0 unspecified atom stereocenters. The third-order valence-corrected chi connectivity index (χ3v) is 4.76. The van der Waals surface area contributed by atoms with E-state index in [-0.39, 0.29) is 12.2 Å². The Morgan fingerprint density at radius 2 is 1.84 bits per heavy atom. The molecule has 0 aliphatic carbocycles. The van der Waals surface area contributed by atoms with Gasteiger partial charge in [-0.05, 0) is 60.5 Å². The van der Waals surface area contributed by atoms with Gasteiger partial charge < -0.3 is 14.9 Å². The van der Waals surface area contributed by atoms with Gasteiger partial charge in [0.2, 0.25) is 0 Å². The molecule has 0 aliphatic rings. The van der Waals surface area contributed by atoms with Crippen LogP contribution in [0.4, 0.5) is 5.69 Å². The van der Waals surface area contributed by atoms with E-state index in [0.29, 0.717) is 22.9 Å². The topological polar surface area (TPSA) is 86.6 Å². The fourth-order valence-electron chi connectivity index (χ4n) is 2.80. The molecule has 0 bridgehead atoms. The van der Waals surface area contributed by atoms with Gasteiger partial charge >= 0.3 is 5.97 Å². The van der Waals surface area contributed by atoms with Crippen LogP contribution in [0.2, 0.25) is 5.02 Å². The molecule has 0 spiro atoms. The van der Waals surface area contributed by atoms with E-state index in [0.717, 1.165) is 23.1 Å². The minimum atomic E-state index is -0.594. The molecule has 3 rings (SSSR count). The van der Waals surface area contributed by atoms with Gasteiger partial charge in [0.25, 0.3) is 11.5 Å². The van der Waals surface area contributed by atoms with Crippen molar-refractivity contribution in [2.75, 3.05) is 11.9 Å².